The van der Waals surface area contributed by atoms with Crippen molar-refractivity contribution in [2.24, 2.45) is 0 Å². The van der Waals surface area contributed by atoms with Gasteiger partial charge in [0.1, 0.15) is 11.4 Å². The average molecular weight is 579 g/mol. The second-order valence-electron chi connectivity index (χ2n) is 11.1. The van der Waals surface area contributed by atoms with Crippen LogP contribution in [0.1, 0.15) is 39.7 Å². The lowest BCUT2D eigenvalue weighted by Crippen LogP contribution is -2.42. The van der Waals surface area contributed by atoms with E-state index < -0.39 is 15.4 Å². The monoisotopic (exact) mass is 578 g/mol. The second kappa shape index (κ2) is 11.0. The molecule has 0 atom stereocenters. The third-order valence-corrected chi connectivity index (χ3v) is 7.96. The number of methoxy groups -OCH3 is 1. The molecule has 1 fully saturated rings. The van der Waals surface area contributed by atoms with Crippen molar-refractivity contribution < 1.29 is 22.7 Å². The minimum absolute atomic E-state index is 0.163. The number of hydrogen-bond donors (Lipinski definition) is 1. The highest BCUT2D eigenvalue weighted by Gasteiger charge is 2.28. The Hall–Kier alpha value is -4.19. The number of carbonyl (C=O) groups is 1. The van der Waals surface area contributed by atoms with E-state index in [1.54, 1.807) is 29.4 Å². The molecule has 2 aromatic heterocycles. The Bertz CT molecular complexity index is 1690. The van der Waals surface area contributed by atoms with E-state index in [0.29, 0.717) is 30.3 Å². The van der Waals surface area contributed by atoms with Crippen LogP contribution in [0, 0.1) is 0 Å². The topological polar surface area (TPSA) is 129 Å². The predicted molar refractivity (Wildman–Crippen MR) is 156 cm³/mol. The van der Waals surface area contributed by atoms with Crippen LogP contribution in [0.2, 0.25) is 0 Å². The van der Waals surface area contributed by atoms with Crippen molar-refractivity contribution in [3.05, 3.63) is 55.0 Å². The van der Waals surface area contributed by atoms with Gasteiger partial charge in [-0.2, -0.15) is 5.10 Å². The zero-order chi connectivity index (χ0) is 29.4. The number of rotatable bonds is 6. The maximum Gasteiger partial charge on any atom is 0.410 e. The standard InChI is InChI=1S/C29H34N6O5S/c1-29(2,3)40-28(36)34-13-11-21(12-14-34)35-18-20(17-31-35)32-27-30-16-19-7-6-8-24(26(19)33-27)23-10-9-22(41(5,37)38)15-25(23)39-4/h6-10,15-18,21H,11-14H2,1-5H3,(H,30,32,33). The molecule has 0 spiro atoms. The minimum Gasteiger partial charge on any atom is -0.496 e. The largest absolute Gasteiger partial charge is 0.496 e. The van der Waals surface area contributed by atoms with E-state index in [1.807, 2.05) is 49.8 Å². The number of fused-ring (bicyclic) bond motifs is 1. The van der Waals surface area contributed by atoms with Gasteiger partial charge in [0.05, 0.1) is 35.4 Å². The van der Waals surface area contributed by atoms with Crippen LogP contribution < -0.4 is 10.1 Å². The van der Waals surface area contributed by atoms with Crippen LogP contribution in [0.3, 0.4) is 0 Å². The van der Waals surface area contributed by atoms with Crippen LogP contribution in [0.4, 0.5) is 16.4 Å². The zero-order valence-electron chi connectivity index (χ0n) is 23.8. The summed E-state index contributed by atoms with van der Waals surface area (Å²) in [5.74, 6) is 0.837. The molecule has 1 aliphatic heterocycles. The van der Waals surface area contributed by atoms with E-state index >= 15 is 0 Å². The number of aromatic nitrogens is 4. The van der Waals surface area contributed by atoms with E-state index in [1.165, 1.54) is 19.4 Å². The smallest absolute Gasteiger partial charge is 0.410 e. The fraction of sp³-hybridized carbons (Fsp3) is 0.379. The van der Waals surface area contributed by atoms with E-state index in [0.717, 1.165) is 35.0 Å². The highest BCUT2D eigenvalue weighted by Crippen LogP contribution is 2.36. The van der Waals surface area contributed by atoms with Crippen molar-refractivity contribution in [1.82, 2.24) is 24.6 Å². The van der Waals surface area contributed by atoms with Crippen LogP contribution in [0.5, 0.6) is 5.75 Å². The molecule has 0 bridgehead atoms. The third-order valence-electron chi connectivity index (χ3n) is 6.85. The summed E-state index contributed by atoms with van der Waals surface area (Å²) in [4.78, 5) is 23.6. The van der Waals surface area contributed by atoms with E-state index in [2.05, 4.69) is 15.4 Å². The quantitative estimate of drug-likeness (QED) is 0.327. The Labute approximate surface area is 239 Å². The van der Waals surface area contributed by atoms with Crippen LogP contribution >= 0.6 is 0 Å². The molecule has 1 saturated heterocycles. The first-order chi connectivity index (χ1) is 19.4. The molecule has 41 heavy (non-hydrogen) atoms. The molecule has 0 aliphatic carbocycles. The third kappa shape index (κ3) is 6.43. The van der Waals surface area contributed by atoms with Crippen molar-refractivity contribution in [2.45, 2.75) is 50.2 Å². The number of likely N-dealkylation sites (tertiary alicyclic amines) is 1. The number of piperidine rings is 1. The molecule has 216 valence electrons. The Morgan fingerprint density at radius 2 is 1.83 bits per heavy atom. The van der Waals surface area contributed by atoms with Crippen molar-refractivity contribution in [3.8, 4) is 16.9 Å². The maximum absolute atomic E-state index is 12.4. The molecule has 1 aliphatic rings. The SMILES string of the molecule is COc1cc(S(C)(=O)=O)ccc1-c1cccc2cnc(Nc3cnn(C4CCN(C(=O)OC(C)(C)C)CC4)c3)nc12. The number of sulfone groups is 1. The van der Waals surface area contributed by atoms with Crippen LogP contribution in [-0.2, 0) is 14.6 Å². The molecule has 4 aromatic rings. The molecule has 1 N–H and O–H groups in total. The van der Waals surface area contributed by atoms with Gasteiger partial charge >= 0.3 is 6.09 Å². The summed E-state index contributed by atoms with van der Waals surface area (Å²) >= 11 is 0. The van der Waals surface area contributed by atoms with Gasteiger partial charge in [0.25, 0.3) is 0 Å². The van der Waals surface area contributed by atoms with Gasteiger partial charge in [-0.05, 0) is 51.8 Å². The van der Waals surface area contributed by atoms with Gasteiger partial charge in [0.2, 0.25) is 5.95 Å². The summed E-state index contributed by atoms with van der Waals surface area (Å²) in [6.07, 6.45) is 7.82. The summed E-state index contributed by atoms with van der Waals surface area (Å²) in [7, 11) is -1.87. The van der Waals surface area contributed by atoms with Crippen LogP contribution in [-0.4, -0.2) is 71.2 Å². The summed E-state index contributed by atoms with van der Waals surface area (Å²) in [5, 5.41) is 8.61. The maximum atomic E-state index is 12.4. The number of anilines is 2. The van der Waals surface area contributed by atoms with Crippen molar-refractivity contribution in [3.63, 3.8) is 0 Å². The van der Waals surface area contributed by atoms with Gasteiger partial charge in [-0.3, -0.25) is 4.68 Å². The second-order valence-corrected chi connectivity index (χ2v) is 13.1. The number of ether oxygens (including phenoxy) is 2. The Morgan fingerprint density at radius 1 is 1.07 bits per heavy atom. The normalized spacial score (nSPS) is 14.7. The number of carbonyl (C=O) groups excluding carboxylic acids is 1. The number of nitrogens with one attached hydrogen (secondary N) is 1. The fourth-order valence-corrected chi connectivity index (χ4v) is 5.47. The summed E-state index contributed by atoms with van der Waals surface area (Å²) in [6, 6.07) is 10.7. The van der Waals surface area contributed by atoms with E-state index in [9.17, 15) is 13.2 Å². The van der Waals surface area contributed by atoms with Gasteiger partial charge in [0, 0.05) is 48.3 Å². The van der Waals surface area contributed by atoms with Crippen molar-refractivity contribution >= 4 is 38.5 Å². The molecule has 12 heteroatoms. The van der Waals surface area contributed by atoms with Gasteiger partial charge in [-0.25, -0.2) is 23.2 Å². The number of para-hydroxylation sites is 1. The fourth-order valence-electron chi connectivity index (χ4n) is 4.83. The summed E-state index contributed by atoms with van der Waals surface area (Å²) in [6.45, 7) is 6.81. The molecule has 0 unspecified atom stereocenters. The van der Waals surface area contributed by atoms with Crippen molar-refractivity contribution in [2.75, 3.05) is 31.8 Å². The highest BCUT2D eigenvalue weighted by molar-refractivity contribution is 7.90. The first-order valence-corrected chi connectivity index (χ1v) is 15.2. The molecule has 3 heterocycles. The zero-order valence-corrected chi connectivity index (χ0v) is 24.6. The Morgan fingerprint density at radius 3 is 2.51 bits per heavy atom. The van der Waals surface area contributed by atoms with E-state index in [-0.39, 0.29) is 17.0 Å². The molecular formula is C29H34N6O5S. The Kier molecular flexibility index (Phi) is 7.60. The number of benzene rings is 2. The molecule has 0 saturated carbocycles. The highest BCUT2D eigenvalue weighted by atomic mass is 32.2. The van der Waals surface area contributed by atoms with Gasteiger partial charge in [0.15, 0.2) is 9.84 Å². The van der Waals surface area contributed by atoms with Crippen LogP contribution in [0.25, 0.3) is 22.0 Å². The lowest BCUT2D eigenvalue weighted by Gasteiger charge is -2.33. The molecule has 2 aromatic carbocycles. The summed E-state index contributed by atoms with van der Waals surface area (Å²) < 4.78 is 37.1. The number of nitrogens with zero attached hydrogens (tertiary/aromatic N) is 5. The average Bonchev–Trinajstić information content (AvgIpc) is 3.39. The first-order valence-electron chi connectivity index (χ1n) is 13.3. The van der Waals surface area contributed by atoms with Gasteiger partial charge in [-0.15, -0.1) is 0 Å². The van der Waals surface area contributed by atoms with Crippen molar-refractivity contribution in [1.29, 1.82) is 0 Å². The lowest BCUT2D eigenvalue weighted by atomic mass is 10.0. The van der Waals surface area contributed by atoms with Crippen LogP contribution in [0.15, 0.2) is 59.9 Å². The lowest BCUT2D eigenvalue weighted by molar-refractivity contribution is 0.0184. The molecule has 11 nitrogen and oxygen atoms in total. The van der Waals surface area contributed by atoms with E-state index in [4.69, 9.17) is 14.5 Å². The molecule has 5 rings (SSSR count). The molecule has 0 radical (unpaired) electrons. The summed E-state index contributed by atoms with van der Waals surface area (Å²) in [5.41, 5.74) is 2.43. The molecule has 1 amide bonds. The number of hydrogen-bond acceptors (Lipinski definition) is 9. The van der Waals surface area contributed by atoms with Gasteiger partial charge in [-0.1, -0.05) is 18.2 Å². The Balaban J connectivity index is 1.34. The minimum atomic E-state index is -3.38. The predicted octanol–water partition coefficient (Wildman–Crippen LogP) is 5.22. The van der Waals surface area contributed by atoms with Gasteiger partial charge < -0.3 is 19.7 Å². The first kappa shape index (κ1) is 28.3. The molecular weight excluding hydrogens is 544 g/mol. The number of amides is 1.